The number of nitrogens with one attached hydrogen (secondary N) is 1. The molecule has 0 saturated carbocycles. The maximum Gasteiger partial charge on any atom is 0.271 e. The molecule has 0 aliphatic carbocycles. The van der Waals surface area contributed by atoms with Crippen molar-refractivity contribution in [3.63, 3.8) is 0 Å². The van der Waals surface area contributed by atoms with E-state index in [9.17, 15) is 14.9 Å². The summed E-state index contributed by atoms with van der Waals surface area (Å²) in [6.45, 7) is 1.10. The van der Waals surface area contributed by atoms with Crippen LogP contribution in [0.1, 0.15) is 37.3 Å². The maximum absolute atomic E-state index is 12.6. The first-order valence-electron chi connectivity index (χ1n) is 9.49. The van der Waals surface area contributed by atoms with Crippen molar-refractivity contribution in [2.45, 2.75) is 31.7 Å². The molecule has 1 amide bonds. The van der Waals surface area contributed by atoms with Gasteiger partial charge in [0.05, 0.1) is 18.6 Å². The van der Waals surface area contributed by atoms with Crippen molar-refractivity contribution in [1.82, 2.24) is 4.90 Å². The van der Waals surface area contributed by atoms with Crippen LogP contribution in [-0.4, -0.2) is 35.9 Å². The second-order valence-electron chi connectivity index (χ2n) is 6.96. The predicted octanol–water partition coefficient (Wildman–Crippen LogP) is 4.16. The Morgan fingerprint density at radius 1 is 1.21 bits per heavy atom. The van der Waals surface area contributed by atoms with Crippen molar-refractivity contribution in [2.24, 2.45) is 0 Å². The number of carbonyl (C=O) groups excluding carboxylic acids is 1. The van der Waals surface area contributed by atoms with E-state index in [0.717, 1.165) is 38.0 Å². The molecule has 1 fully saturated rings. The lowest BCUT2D eigenvalue weighted by molar-refractivity contribution is -0.384. The molecule has 3 rings (SSSR count). The second kappa shape index (κ2) is 9.32. The summed E-state index contributed by atoms with van der Waals surface area (Å²) in [5.74, 6) is 0.647. The van der Waals surface area contributed by atoms with E-state index in [-0.39, 0.29) is 24.2 Å². The molecule has 1 saturated heterocycles. The van der Waals surface area contributed by atoms with E-state index in [4.69, 9.17) is 4.74 Å². The molecule has 148 valence electrons. The zero-order valence-corrected chi connectivity index (χ0v) is 16.0. The Balaban J connectivity index is 1.70. The van der Waals surface area contributed by atoms with Gasteiger partial charge in [-0.25, -0.2) is 0 Å². The molecule has 0 spiro atoms. The Labute approximate surface area is 164 Å². The van der Waals surface area contributed by atoms with Gasteiger partial charge >= 0.3 is 0 Å². The summed E-state index contributed by atoms with van der Waals surface area (Å²) in [6.07, 6.45) is 4.32. The number of nitrogens with zero attached hydrogens (tertiary/aromatic N) is 2. The minimum Gasteiger partial charge on any atom is -0.497 e. The number of nitro groups is 1. The number of non-ortho nitro benzene ring substituents is 1. The predicted molar refractivity (Wildman–Crippen MR) is 108 cm³/mol. The Kier molecular flexibility index (Phi) is 6.60. The van der Waals surface area contributed by atoms with Crippen LogP contribution in [0.2, 0.25) is 0 Å². The number of methoxy groups -OCH3 is 1. The lowest BCUT2D eigenvalue weighted by Crippen LogP contribution is -2.36. The van der Waals surface area contributed by atoms with Crippen LogP contribution in [0.4, 0.5) is 11.4 Å². The molecule has 0 bridgehead atoms. The number of rotatable bonds is 6. The zero-order chi connectivity index (χ0) is 19.9. The van der Waals surface area contributed by atoms with Crippen LogP contribution in [0, 0.1) is 10.1 Å². The average molecular weight is 383 g/mol. The third-order valence-corrected chi connectivity index (χ3v) is 5.05. The van der Waals surface area contributed by atoms with Crippen molar-refractivity contribution in [2.75, 3.05) is 25.5 Å². The molecule has 0 aromatic heterocycles. The number of benzene rings is 2. The fraction of sp³-hybridized carbons (Fsp3) is 0.381. The van der Waals surface area contributed by atoms with E-state index in [1.54, 1.807) is 19.2 Å². The monoisotopic (exact) mass is 383 g/mol. The van der Waals surface area contributed by atoms with Crippen molar-refractivity contribution < 1.29 is 14.5 Å². The van der Waals surface area contributed by atoms with E-state index >= 15 is 0 Å². The topological polar surface area (TPSA) is 84.7 Å². The Hall–Kier alpha value is -2.93. The summed E-state index contributed by atoms with van der Waals surface area (Å²) in [6, 6.07) is 14.2. The smallest absolute Gasteiger partial charge is 0.271 e. The van der Waals surface area contributed by atoms with E-state index in [0.29, 0.717) is 5.69 Å². The molecule has 28 heavy (non-hydrogen) atoms. The molecule has 1 N–H and O–H groups in total. The number of likely N-dealkylation sites (tertiary alicyclic amines) is 1. The highest BCUT2D eigenvalue weighted by Crippen LogP contribution is 2.31. The first-order valence-corrected chi connectivity index (χ1v) is 9.49. The fourth-order valence-corrected chi connectivity index (χ4v) is 3.64. The number of hydrogen-bond donors (Lipinski definition) is 1. The van der Waals surface area contributed by atoms with Gasteiger partial charge in [-0.1, -0.05) is 31.0 Å². The summed E-state index contributed by atoms with van der Waals surface area (Å²) in [4.78, 5) is 25.3. The number of anilines is 1. The second-order valence-corrected chi connectivity index (χ2v) is 6.96. The van der Waals surface area contributed by atoms with Gasteiger partial charge in [0.25, 0.3) is 5.69 Å². The quantitative estimate of drug-likeness (QED) is 0.598. The number of carbonyl (C=O) groups is 1. The van der Waals surface area contributed by atoms with Gasteiger partial charge in [0.1, 0.15) is 5.75 Å². The summed E-state index contributed by atoms with van der Waals surface area (Å²) in [5, 5.41) is 13.7. The summed E-state index contributed by atoms with van der Waals surface area (Å²) < 4.78 is 5.24. The van der Waals surface area contributed by atoms with Gasteiger partial charge in [0.15, 0.2) is 0 Å². The SMILES string of the molecule is COc1ccc(C2CCCCCN2CC(=O)Nc2cccc([N+](=O)[O-])c2)cc1. The molecule has 1 unspecified atom stereocenters. The Bertz CT molecular complexity index is 823. The molecule has 2 aromatic rings. The molecule has 1 aliphatic rings. The highest BCUT2D eigenvalue weighted by atomic mass is 16.6. The lowest BCUT2D eigenvalue weighted by Gasteiger charge is -2.29. The normalized spacial score (nSPS) is 17.5. The van der Waals surface area contributed by atoms with Crippen LogP contribution >= 0.6 is 0 Å². The van der Waals surface area contributed by atoms with Gasteiger partial charge in [-0.05, 0) is 43.1 Å². The number of hydrogen-bond acceptors (Lipinski definition) is 5. The van der Waals surface area contributed by atoms with Crippen LogP contribution in [0.15, 0.2) is 48.5 Å². The van der Waals surface area contributed by atoms with Crippen molar-refractivity contribution >= 4 is 17.3 Å². The molecule has 7 nitrogen and oxygen atoms in total. The molecular formula is C21H25N3O4. The van der Waals surface area contributed by atoms with Gasteiger partial charge < -0.3 is 10.1 Å². The van der Waals surface area contributed by atoms with Crippen LogP contribution < -0.4 is 10.1 Å². The Morgan fingerprint density at radius 3 is 2.71 bits per heavy atom. The molecule has 7 heteroatoms. The van der Waals surface area contributed by atoms with Gasteiger partial charge in [-0.3, -0.25) is 19.8 Å². The summed E-state index contributed by atoms with van der Waals surface area (Å²) in [7, 11) is 1.64. The minimum atomic E-state index is -0.468. The van der Waals surface area contributed by atoms with E-state index in [1.807, 2.05) is 12.1 Å². The summed E-state index contributed by atoms with van der Waals surface area (Å²) >= 11 is 0. The highest BCUT2D eigenvalue weighted by Gasteiger charge is 2.24. The maximum atomic E-state index is 12.6. The molecule has 0 radical (unpaired) electrons. The van der Waals surface area contributed by atoms with Crippen molar-refractivity contribution in [3.8, 4) is 5.75 Å². The standard InChI is InChI=1S/C21H25N3O4/c1-28-19-11-9-16(10-12-19)20-8-3-2-4-13-23(20)15-21(25)22-17-6-5-7-18(14-17)24(26)27/h5-7,9-12,14,20H,2-4,8,13,15H2,1H3,(H,22,25). The first-order chi connectivity index (χ1) is 13.6. The van der Waals surface area contributed by atoms with Crippen molar-refractivity contribution in [1.29, 1.82) is 0 Å². The summed E-state index contributed by atoms with van der Waals surface area (Å²) in [5.41, 5.74) is 1.57. The van der Waals surface area contributed by atoms with Gasteiger partial charge in [0.2, 0.25) is 5.91 Å². The lowest BCUT2D eigenvalue weighted by atomic mass is 10.0. The fourth-order valence-electron chi connectivity index (χ4n) is 3.64. The molecule has 1 heterocycles. The molecule has 2 aromatic carbocycles. The van der Waals surface area contributed by atoms with E-state index in [1.165, 1.54) is 17.7 Å². The van der Waals surface area contributed by atoms with Gasteiger partial charge in [0, 0.05) is 23.9 Å². The number of amides is 1. The average Bonchev–Trinajstić information content (AvgIpc) is 2.93. The Morgan fingerprint density at radius 2 is 2.00 bits per heavy atom. The van der Waals surface area contributed by atoms with Crippen molar-refractivity contribution in [3.05, 3.63) is 64.2 Å². The van der Waals surface area contributed by atoms with Gasteiger partial charge in [-0.15, -0.1) is 0 Å². The molecule has 1 atom stereocenters. The number of nitro benzene ring substituents is 1. The van der Waals surface area contributed by atoms with Crippen LogP contribution in [0.3, 0.4) is 0 Å². The van der Waals surface area contributed by atoms with Crippen LogP contribution in [0.25, 0.3) is 0 Å². The highest BCUT2D eigenvalue weighted by molar-refractivity contribution is 5.92. The molecular weight excluding hydrogens is 358 g/mol. The van der Waals surface area contributed by atoms with Gasteiger partial charge in [-0.2, -0.15) is 0 Å². The van der Waals surface area contributed by atoms with Crippen LogP contribution in [-0.2, 0) is 4.79 Å². The first kappa shape index (κ1) is 19.8. The third kappa shape index (κ3) is 5.07. The van der Waals surface area contributed by atoms with Crippen LogP contribution in [0.5, 0.6) is 5.75 Å². The zero-order valence-electron chi connectivity index (χ0n) is 16.0. The minimum absolute atomic E-state index is 0.0383. The number of ether oxygens (including phenoxy) is 1. The van der Waals surface area contributed by atoms with E-state index < -0.39 is 4.92 Å². The third-order valence-electron chi connectivity index (χ3n) is 5.05. The molecule has 1 aliphatic heterocycles. The van der Waals surface area contributed by atoms with E-state index in [2.05, 4.69) is 22.3 Å². The largest absolute Gasteiger partial charge is 0.497 e.